The molecule has 0 bridgehead atoms. The fraction of sp³-hybridized carbons (Fsp3) is 0.143. The van der Waals surface area contributed by atoms with E-state index in [1.54, 1.807) is 6.07 Å². The highest BCUT2D eigenvalue weighted by Gasteiger charge is 2.12. The SMILES string of the molecule is CN=CCC(=O)c1nn(-c2cccc(F)c2)ccc1=O. The van der Waals surface area contributed by atoms with E-state index in [0.717, 1.165) is 0 Å². The maximum absolute atomic E-state index is 13.2. The van der Waals surface area contributed by atoms with E-state index in [-0.39, 0.29) is 12.1 Å². The van der Waals surface area contributed by atoms with Crippen LogP contribution in [0.15, 0.2) is 46.3 Å². The first-order valence-electron chi connectivity index (χ1n) is 5.91. The first-order chi connectivity index (χ1) is 9.61. The van der Waals surface area contributed by atoms with Gasteiger partial charge in [0.15, 0.2) is 11.5 Å². The second kappa shape index (κ2) is 6.01. The molecule has 0 aliphatic rings. The number of aliphatic imine (C=N–C) groups is 1. The predicted octanol–water partition coefficient (Wildman–Crippen LogP) is 1.65. The van der Waals surface area contributed by atoms with Gasteiger partial charge in [0, 0.05) is 31.9 Å². The maximum atomic E-state index is 13.2. The van der Waals surface area contributed by atoms with E-state index in [1.807, 2.05) is 0 Å². The highest BCUT2D eigenvalue weighted by molar-refractivity contribution is 6.02. The van der Waals surface area contributed by atoms with Crippen molar-refractivity contribution in [1.29, 1.82) is 0 Å². The molecule has 1 heterocycles. The Kier molecular flexibility index (Phi) is 4.14. The number of rotatable bonds is 4. The lowest BCUT2D eigenvalue weighted by Crippen LogP contribution is -2.20. The number of nitrogens with zero attached hydrogens (tertiary/aromatic N) is 3. The number of ketones is 1. The second-order valence-electron chi connectivity index (χ2n) is 4.02. The lowest BCUT2D eigenvalue weighted by Gasteiger charge is -2.06. The van der Waals surface area contributed by atoms with Crippen molar-refractivity contribution >= 4 is 12.0 Å². The molecule has 20 heavy (non-hydrogen) atoms. The van der Waals surface area contributed by atoms with Gasteiger partial charge in [-0.3, -0.25) is 9.59 Å². The molecule has 2 aromatic rings. The predicted molar refractivity (Wildman–Crippen MR) is 73.2 cm³/mol. The van der Waals surface area contributed by atoms with Crippen LogP contribution in [0.4, 0.5) is 4.39 Å². The molecule has 0 aliphatic carbocycles. The standard InChI is InChI=1S/C14H12FN3O2/c1-16-7-5-12(19)14-13(20)6-8-18(17-14)11-4-2-3-10(15)9-11/h2-4,6-9H,5H2,1H3. The van der Waals surface area contributed by atoms with E-state index in [1.165, 1.54) is 48.4 Å². The van der Waals surface area contributed by atoms with Gasteiger partial charge >= 0.3 is 0 Å². The summed E-state index contributed by atoms with van der Waals surface area (Å²) in [7, 11) is 1.54. The molecule has 2 rings (SSSR count). The van der Waals surface area contributed by atoms with Crippen LogP contribution in [0.5, 0.6) is 0 Å². The van der Waals surface area contributed by atoms with Crippen LogP contribution in [0, 0.1) is 5.82 Å². The van der Waals surface area contributed by atoms with Crippen LogP contribution in [0.25, 0.3) is 5.69 Å². The smallest absolute Gasteiger partial charge is 0.211 e. The number of carbonyl (C=O) groups is 1. The molecule has 0 aliphatic heterocycles. The molecular formula is C14H12FN3O2. The Bertz CT molecular complexity index is 722. The summed E-state index contributed by atoms with van der Waals surface area (Å²) in [6, 6.07) is 6.95. The largest absolute Gasteiger partial charge is 0.300 e. The van der Waals surface area contributed by atoms with E-state index < -0.39 is 17.0 Å². The lowest BCUT2D eigenvalue weighted by molar-refractivity contribution is 0.0994. The van der Waals surface area contributed by atoms with Crippen molar-refractivity contribution in [1.82, 2.24) is 9.78 Å². The van der Waals surface area contributed by atoms with Gasteiger partial charge in [-0.1, -0.05) is 6.07 Å². The molecule has 0 atom stereocenters. The Morgan fingerprint density at radius 3 is 2.95 bits per heavy atom. The Morgan fingerprint density at radius 2 is 2.25 bits per heavy atom. The summed E-state index contributed by atoms with van der Waals surface area (Å²) in [4.78, 5) is 27.2. The van der Waals surface area contributed by atoms with Crippen LogP contribution < -0.4 is 5.43 Å². The molecule has 102 valence electrons. The molecule has 6 heteroatoms. The highest BCUT2D eigenvalue weighted by atomic mass is 19.1. The van der Waals surface area contributed by atoms with Crippen LogP contribution >= 0.6 is 0 Å². The number of hydrogen-bond donors (Lipinski definition) is 0. The zero-order chi connectivity index (χ0) is 14.5. The summed E-state index contributed by atoms with van der Waals surface area (Å²) in [6.45, 7) is 0. The van der Waals surface area contributed by atoms with Gasteiger partial charge in [0.2, 0.25) is 5.43 Å². The molecule has 0 amide bonds. The van der Waals surface area contributed by atoms with Crippen LogP contribution in [0.1, 0.15) is 16.9 Å². The van der Waals surface area contributed by atoms with Gasteiger partial charge in [0.1, 0.15) is 5.82 Å². The van der Waals surface area contributed by atoms with Crippen molar-refractivity contribution in [2.75, 3.05) is 7.05 Å². The summed E-state index contributed by atoms with van der Waals surface area (Å²) >= 11 is 0. The lowest BCUT2D eigenvalue weighted by atomic mass is 10.2. The minimum Gasteiger partial charge on any atom is -0.300 e. The van der Waals surface area contributed by atoms with Crippen LogP contribution in [-0.4, -0.2) is 28.8 Å². The monoisotopic (exact) mass is 273 g/mol. The fourth-order valence-corrected chi connectivity index (χ4v) is 1.63. The molecule has 5 nitrogen and oxygen atoms in total. The highest BCUT2D eigenvalue weighted by Crippen LogP contribution is 2.07. The average molecular weight is 273 g/mol. The molecule has 0 saturated heterocycles. The number of halogens is 1. The summed E-state index contributed by atoms with van der Waals surface area (Å²) in [5, 5.41) is 3.96. The maximum Gasteiger partial charge on any atom is 0.211 e. The van der Waals surface area contributed by atoms with Crippen LogP contribution in [0.2, 0.25) is 0 Å². The summed E-state index contributed by atoms with van der Waals surface area (Å²) < 4.78 is 14.5. The Hall–Kier alpha value is -2.63. The minimum absolute atomic E-state index is 0.00586. The third-order valence-corrected chi connectivity index (χ3v) is 2.60. The Labute approximate surface area is 114 Å². The van der Waals surface area contributed by atoms with Crippen molar-refractivity contribution in [3.63, 3.8) is 0 Å². The number of benzene rings is 1. The molecule has 1 aromatic heterocycles. The van der Waals surface area contributed by atoms with Gasteiger partial charge in [-0.05, 0) is 18.2 Å². The van der Waals surface area contributed by atoms with Gasteiger partial charge in [-0.2, -0.15) is 5.10 Å². The van der Waals surface area contributed by atoms with Crippen LogP contribution in [-0.2, 0) is 0 Å². The molecule has 0 unspecified atom stereocenters. The van der Waals surface area contributed by atoms with Crippen molar-refractivity contribution < 1.29 is 9.18 Å². The van der Waals surface area contributed by atoms with Crippen molar-refractivity contribution in [2.24, 2.45) is 4.99 Å². The number of Topliss-reactive ketones (excluding diaryl/α,β-unsaturated/α-hetero) is 1. The molecule has 0 spiro atoms. The van der Waals surface area contributed by atoms with Crippen LogP contribution in [0.3, 0.4) is 0 Å². The van der Waals surface area contributed by atoms with Gasteiger partial charge < -0.3 is 4.99 Å². The molecule has 0 saturated carbocycles. The zero-order valence-corrected chi connectivity index (χ0v) is 10.8. The van der Waals surface area contributed by atoms with Gasteiger partial charge in [0.05, 0.1) is 5.69 Å². The topological polar surface area (TPSA) is 64.3 Å². The number of carbonyl (C=O) groups excluding carboxylic acids is 1. The Morgan fingerprint density at radius 1 is 1.45 bits per heavy atom. The van der Waals surface area contributed by atoms with Crippen molar-refractivity contribution in [3.05, 3.63) is 58.3 Å². The average Bonchev–Trinajstić information content (AvgIpc) is 2.45. The first-order valence-corrected chi connectivity index (χ1v) is 5.91. The first kappa shape index (κ1) is 13.8. The van der Waals surface area contributed by atoms with Crippen molar-refractivity contribution in [3.8, 4) is 5.69 Å². The normalized spacial score (nSPS) is 10.9. The molecule has 0 radical (unpaired) electrons. The van der Waals surface area contributed by atoms with E-state index in [4.69, 9.17) is 0 Å². The molecule has 0 fully saturated rings. The quantitative estimate of drug-likeness (QED) is 0.628. The number of hydrogen-bond acceptors (Lipinski definition) is 4. The van der Waals surface area contributed by atoms with Gasteiger partial charge in [-0.15, -0.1) is 0 Å². The van der Waals surface area contributed by atoms with E-state index >= 15 is 0 Å². The number of aromatic nitrogens is 2. The molecule has 1 aromatic carbocycles. The third kappa shape index (κ3) is 3.03. The zero-order valence-electron chi connectivity index (χ0n) is 10.8. The van der Waals surface area contributed by atoms with Crippen molar-refractivity contribution in [2.45, 2.75) is 6.42 Å². The van der Waals surface area contributed by atoms with Gasteiger partial charge in [-0.25, -0.2) is 9.07 Å². The molecule has 0 N–H and O–H groups in total. The van der Waals surface area contributed by atoms with E-state index in [0.29, 0.717) is 5.69 Å². The minimum atomic E-state index is -0.466. The molecular weight excluding hydrogens is 261 g/mol. The Balaban J connectivity index is 2.43. The summed E-state index contributed by atoms with van der Waals surface area (Å²) in [5.74, 6) is -0.847. The van der Waals surface area contributed by atoms with E-state index in [2.05, 4.69) is 10.1 Å². The second-order valence-corrected chi connectivity index (χ2v) is 4.02. The summed E-state index contributed by atoms with van der Waals surface area (Å²) in [6.07, 6.45) is 2.80. The fourth-order valence-electron chi connectivity index (χ4n) is 1.63. The van der Waals surface area contributed by atoms with Gasteiger partial charge in [0.25, 0.3) is 0 Å². The van der Waals surface area contributed by atoms with E-state index in [9.17, 15) is 14.0 Å². The summed E-state index contributed by atoms with van der Waals surface area (Å²) in [5.41, 5.74) is -0.216. The third-order valence-electron chi connectivity index (χ3n) is 2.60.